The van der Waals surface area contributed by atoms with Gasteiger partial charge >= 0.3 is 0 Å². The summed E-state index contributed by atoms with van der Waals surface area (Å²) in [5, 5.41) is 7.79. The van der Waals surface area contributed by atoms with E-state index in [-0.39, 0.29) is 0 Å². The monoisotopic (exact) mass is 394 g/mol. The average molecular weight is 395 g/mol. The molecule has 0 aliphatic rings. The van der Waals surface area contributed by atoms with Crippen LogP contribution in [-0.4, -0.2) is 0 Å². The number of hydrogen-bond acceptors (Lipinski definition) is 0. The third kappa shape index (κ3) is 2.84. The molecule has 0 heteroatoms. The van der Waals surface area contributed by atoms with Gasteiger partial charge in [-0.25, -0.2) is 0 Å². The number of benzene rings is 6. The fraction of sp³-hybridized carbons (Fsp3) is 0.0323. The van der Waals surface area contributed by atoms with Crippen molar-refractivity contribution in [2.45, 2.75) is 6.92 Å². The molecule has 0 aliphatic carbocycles. The molecule has 31 heavy (non-hydrogen) atoms. The van der Waals surface area contributed by atoms with E-state index in [1.54, 1.807) is 0 Å². The number of rotatable bonds is 2. The third-order valence-electron chi connectivity index (χ3n) is 6.43. The van der Waals surface area contributed by atoms with Crippen LogP contribution >= 0.6 is 0 Å². The van der Waals surface area contributed by atoms with E-state index in [0.717, 1.165) is 0 Å². The molecule has 0 saturated heterocycles. The van der Waals surface area contributed by atoms with Crippen molar-refractivity contribution in [3.05, 3.63) is 121 Å². The van der Waals surface area contributed by atoms with Gasteiger partial charge in [0.1, 0.15) is 0 Å². The second-order valence-electron chi connectivity index (χ2n) is 8.21. The van der Waals surface area contributed by atoms with Gasteiger partial charge in [0.2, 0.25) is 0 Å². The highest BCUT2D eigenvalue weighted by molar-refractivity contribution is 6.12. The summed E-state index contributed by atoms with van der Waals surface area (Å²) in [5.74, 6) is 0. The Morgan fingerprint density at radius 3 is 1.48 bits per heavy atom. The van der Waals surface area contributed by atoms with Gasteiger partial charge in [-0.3, -0.25) is 0 Å². The van der Waals surface area contributed by atoms with Crippen molar-refractivity contribution in [2.75, 3.05) is 0 Å². The maximum absolute atomic E-state index is 2.30. The molecule has 6 aromatic carbocycles. The van der Waals surface area contributed by atoms with Gasteiger partial charge in [-0.2, -0.15) is 0 Å². The first-order valence-corrected chi connectivity index (χ1v) is 10.8. The molecule has 0 fully saturated rings. The topological polar surface area (TPSA) is 0 Å². The van der Waals surface area contributed by atoms with Crippen LogP contribution in [0, 0.1) is 6.92 Å². The maximum atomic E-state index is 2.30. The summed E-state index contributed by atoms with van der Waals surface area (Å²) < 4.78 is 0. The van der Waals surface area contributed by atoms with Crippen LogP contribution in [0.4, 0.5) is 0 Å². The Balaban J connectivity index is 1.67. The van der Waals surface area contributed by atoms with Crippen LogP contribution in [0.2, 0.25) is 0 Å². The smallest absolute Gasteiger partial charge is 0.00987 e. The van der Waals surface area contributed by atoms with E-state index in [0.29, 0.717) is 0 Å². The Bertz CT molecular complexity index is 1580. The summed E-state index contributed by atoms with van der Waals surface area (Å²) in [4.78, 5) is 0. The summed E-state index contributed by atoms with van der Waals surface area (Å²) in [5.41, 5.74) is 6.47. The van der Waals surface area contributed by atoms with Crippen LogP contribution in [0.25, 0.3) is 54.6 Å². The summed E-state index contributed by atoms with van der Waals surface area (Å²) in [6, 6.07) is 41.9. The van der Waals surface area contributed by atoms with Crippen molar-refractivity contribution in [3.63, 3.8) is 0 Å². The zero-order valence-corrected chi connectivity index (χ0v) is 17.5. The number of hydrogen-bond donors (Lipinski definition) is 0. The molecule has 0 N–H and O–H groups in total. The standard InChI is InChI=1S/C31H22/c1-21-9-6-16-25-23(21)15-8-18-29(25)31-20-19-30(27-13-4-5-14-28(27)31)26-17-7-11-22-10-2-3-12-24(22)26/h2-20H,1H3. The van der Waals surface area contributed by atoms with Gasteiger partial charge in [0, 0.05) is 0 Å². The van der Waals surface area contributed by atoms with Crippen molar-refractivity contribution in [2.24, 2.45) is 0 Å². The Labute approximate surface area is 182 Å². The molecule has 0 spiro atoms. The zero-order chi connectivity index (χ0) is 20.8. The molecule has 0 bridgehead atoms. The molecule has 0 nitrogen and oxygen atoms in total. The van der Waals surface area contributed by atoms with Gasteiger partial charge in [0.05, 0.1) is 0 Å². The lowest BCUT2D eigenvalue weighted by Gasteiger charge is -2.15. The van der Waals surface area contributed by atoms with E-state index < -0.39 is 0 Å². The van der Waals surface area contributed by atoms with Crippen LogP contribution in [0.5, 0.6) is 0 Å². The van der Waals surface area contributed by atoms with Crippen LogP contribution in [0.3, 0.4) is 0 Å². The molecular formula is C31H22. The van der Waals surface area contributed by atoms with Gasteiger partial charge in [-0.1, -0.05) is 115 Å². The molecule has 0 saturated carbocycles. The SMILES string of the molecule is Cc1cccc2c(-c3ccc(-c4cccc5ccccc45)c4ccccc34)cccc12. The van der Waals surface area contributed by atoms with Crippen molar-refractivity contribution < 1.29 is 0 Å². The third-order valence-corrected chi connectivity index (χ3v) is 6.43. The Kier molecular flexibility index (Phi) is 4.11. The highest BCUT2D eigenvalue weighted by Gasteiger charge is 2.13. The van der Waals surface area contributed by atoms with Crippen LogP contribution in [-0.2, 0) is 0 Å². The van der Waals surface area contributed by atoms with Crippen LogP contribution in [0.1, 0.15) is 5.56 Å². The summed E-state index contributed by atoms with van der Waals surface area (Å²) in [6.07, 6.45) is 0. The quantitative estimate of drug-likeness (QED) is 0.275. The molecule has 0 aliphatic heterocycles. The van der Waals surface area contributed by atoms with Crippen molar-refractivity contribution in [1.82, 2.24) is 0 Å². The fourth-order valence-electron chi connectivity index (χ4n) is 4.93. The van der Waals surface area contributed by atoms with E-state index in [4.69, 9.17) is 0 Å². The molecule has 0 amide bonds. The van der Waals surface area contributed by atoms with Gasteiger partial charge in [-0.15, -0.1) is 0 Å². The van der Waals surface area contributed by atoms with Gasteiger partial charge < -0.3 is 0 Å². The average Bonchev–Trinajstić information content (AvgIpc) is 2.83. The Morgan fingerprint density at radius 2 is 0.742 bits per heavy atom. The lowest BCUT2D eigenvalue weighted by atomic mass is 9.88. The van der Waals surface area contributed by atoms with Gasteiger partial charge in [0.25, 0.3) is 0 Å². The fourth-order valence-corrected chi connectivity index (χ4v) is 4.93. The molecule has 0 heterocycles. The lowest BCUT2D eigenvalue weighted by Crippen LogP contribution is -1.89. The summed E-state index contributed by atoms with van der Waals surface area (Å²) >= 11 is 0. The highest BCUT2D eigenvalue weighted by Crippen LogP contribution is 2.40. The number of aryl methyl sites for hydroxylation is 1. The molecule has 6 rings (SSSR count). The summed E-state index contributed by atoms with van der Waals surface area (Å²) in [6.45, 7) is 2.19. The molecule has 146 valence electrons. The normalized spacial score (nSPS) is 11.4. The van der Waals surface area contributed by atoms with Gasteiger partial charge in [-0.05, 0) is 67.1 Å². The van der Waals surface area contributed by atoms with E-state index in [2.05, 4.69) is 122 Å². The Morgan fingerprint density at radius 1 is 0.323 bits per heavy atom. The van der Waals surface area contributed by atoms with Crippen molar-refractivity contribution >= 4 is 32.3 Å². The number of fused-ring (bicyclic) bond motifs is 3. The van der Waals surface area contributed by atoms with E-state index in [1.165, 1.54) is 60.1 Å². The molecule has 0 atom stereocenters. The molecular weight excluding hydrogens is 372 g/mol. The van der Waals surface area contributed by atoms with E-state index in [9.17, 15) is 0 Å². The first kappa shape index (κ1) is 17.9. The minimum Gasteiger partial charge on any atom is -0.0616 e. The zero-order valence-electron chi connectivity index (χ0n) is 17.5. The summed E-state index contributed by atoms with van der Waals surface area (Å²) in [7, 11) is 0. The predicted molar refractivity (Wildman–Crippen MR) is 135 cm³/mol. The predicted octanol–water partition coefficient (Wildman–Crippen LogP) is 8.79. The molecule has 0 radical (unpaired) electrons. The largest absolute Gasteiger partial charge is 0.0616 e. The van der Waals surface area contributed by atoms with Crippen LogP contribution < -0.4 is 0 Å². The lowest BCUT2D eigenvalue weighted by molar-refractivity contribution is 1.53. The first-order chi connectivity index (χ1) is 15.3. The molecule has 6 aromatic rings. The second-order valence-corrected chi connectivity index (χ2v) is 8.21. The van der Waals surface area contributed by atoms with Crippen molar-refractivity contribution in [1.29, 1.82) is 0 Å². The second kappa shape index (κ2) is 7.11. The first-order valence-electron chi connectivity index (χ1n) is 10.8. The van der Waals surface area contributed by atoms with Crippen LogP contribution in [0.15, 0.2) is 115 Å². The maximum Gasteiger partial charge on any atom is -0.00987 e. The highest BCUT2D eigenvalue weighted by atomic mass is 14.2. The molecule has 0 unspecified atom stereocenters. The Hall–Kier alpha value is -3.90. The van der Waals surface area contributed by atoms with E-state index >= 15 is 0 Å². The minimum absolute atomic E-state index is 1.28. The minimum atomic E-state index is 1.28. The molecule has 0 aromatic heterocycles. The van der Waals surface area contributed by atoms with E-state index in [1.807, 2.05) is 0 Å². The van der Waals surface area contributed by atoms with Gasteiger partial charge in [0.15, 0.2) is 0 Å². The van der Waals surface area contributed by atoms with Crippen molar-refractivity contribution in [3.8, 4) is 22.3 Å².